The van der Waals surface area contributed by atoms with Crippen LogP contribution < -0.4 is 4.90 Å². The SMILES string of the molecule is C=CCN(C(=O)CCCOC)c1ccccc1. The lowest BCUT2D eigenvalue weighted by atomic mass is 10.2. The van der Waals surface area contributed by atoms with Crippen LogP contribution in [0.2, 0.25) is 0 Å². The Hall–Kier alpha value is -1.61. The fourth-order valence-electron chi connectivity index (χ4n) is 1.59. The molecule has 0 unspecified atom stereocenters. The van der Waals surface area contributed by atoms with Crippen LogP contribution in [0.5, 0.6) is 0 Å². The molecule has 3 nitrogen and oxygen atoms in total. The molecule has 0 saturated carbocycles. The molecule has 0 radical (unpaired) electrons. The molecule has 0 fully saturated rings. The van der Waals surface area contributed by atoms with E-state index in [0.717, 1.165) is 12.1 Å². The fraction of sp³-hybridized carbons (Fsp3) is 0.357. The molecule has 0 atom stereocenters. The second kappa shape index (κ2) is 7.63. The fourth-order valence-corrected chi connectivity index (χ4v) is 1.59. The van der Waals surface area contributed by atoms with Crippen molar-refractivity contribution in [1.82, 2.24) is 0 Å². The number of para-hydroxylation sites is 1. The van der Waals surface area contributed by atoms with E-state index in [4.69, 9.17) is 4.74 Å². The Labute approximate surface area is 103 Å². The van der Waals surface area contributed by atoms with Gasteiger partial charge in [0.05, 0.1) is 0 Å². The zero-order chi connectivity index (χ0) is 12.5. The van der Waals surface area contributed by atoms with E-state index in [1.165, 1.54) is 0 Å². The highest BCUT2D eigenvalue weighted by molar-refractivity contribution is 5.93. The summed E-state index contributed by atoms with van der Waals surface area (Å²) >= 11 is 0. The van der Waals surface area contributed by atoms with Gasteiger partial charge in [0.1, 0.15) is 0 Å². The van der Waals surface area contributed by atoms with E-state index in [1.54, 1.807) is 18.1 Å². The summed E-state index contributed by atoms with van der Waals surface area (Å²) in [5.74, 6) is 0.105. The quantitative estimate of drug-likeness (QED) is 0.535. The lowest BCUT2D eigenvalue weighted by Gasteiger charge is -2.21. The molecule has 0 N–H and O–H groups in total. The van der Waals surface area contributed by atoms with Crippen LogP contribution in [0, 0.1) is 0 Å². The maximum absolute atomic E-state index is 12.0. The number of carbonyl (C=O) groups is 1. The lowest BCUT2D eigenvalue weighted by molar-refractivity contribution is -0.118. The minimum atomic E-state index is 0.105. The molecule has 0 aliphatic rings. The smallest absolute Gasteiger partial charge is 0.227 e. The van der Waals surface area contributed by atoms with Crippen LogP contribution >= 0.6 is 0 Å². The van der Waals surface area contributed by atoms with Gasteiger partial charge in [-0.3, -0.25) is 4.79 Å². The standard InChI is InChI=1S/C14H19NO2/c1-3-11-15(13-8-5-4-6-9-13)14(16)10-7-12-17-2/h3-6,8-9H,1,7,10-12H2,2H3. The first-order valence-corrected chi connectivity index (χ1v) is 5.75. The summed E-state index contributed by atoms with van der Waals surface area (Å²) in [7, 11) is 1.64. The highest BCUT2D eigenvalue weighted by atomic mass is 16.5. The summed E-state index contributed by atoms with van der Waals surface area (Å²) in [4.78, 5) is 13.8. The summed E-state index contributed by atoms with van der Waals surface area (Å²) < 4.78 is 4.95. The lowest BCUT2D eigenvalue weighted by Crippen LogP contribution is -2.30. The number of hydrogen-bond acceptors (Lipinski definition) is 2. The van der Waals surface area contributed by atoms with Gasteiger partial charge in [0.25, 0.3) is 0 Å². The van der Waals surface area contributed by atoms with Crippen molar-refractivity contribution >= 4 is 11.6 Å². The Bertz CT molecular complexity index is 348. The zero-order valence-electron chi connectivity index (χ0n) is 10.3. The molecule has 17 heavy (non-hydrogen) atoms. The van der Waals surface area contributed by atoms with Gasteiger partial charge in [-0.15, -0.1) is 6.58 Å². The third kappa shape index (κ3) is 4.41. The predicted octanol–water partition coefficient (Wildman–Crippen LogP) is 2.63. The number of methoxy groups -OCH3 is 1. The minimum absolute atomic E-state index is 0.105. The molecule has 0 saturated heterocycles. The molecule has 0 spiro atoms. The van der Waals surface area contributed by atoms with Gasteiger partial charge in [-0.05, 0) is 18.6 Å². The summed E-state index contributed by atoms with van der Waals surface area (Å²) in [6.07, 6.45) is 2.98. The topological polar surface area (TPSA) is 29.5 Å². The van der Waals surface area contributed by atoms with Crippen LogP contribution in [0.3, 0.4) is 0 Å². The van der Waals surface area contributed by atoms with E-state index in [0.29, 0.717) is 19.6 Å². The van der Waals surface area contributed by atoms with Gasteiger partial charge in [-0.1, -0.05) is 24.3 Å². The minimum Gasteiger partial charge on any atom is -0.385 e. The van der Waals surface area contributed by atoms with Crippen molar-refractivity contribution in [3.63, 3.8) is 0 Å². The zero-order valence-corrected chi connectivity index (χ0v) is 10.3. The van der Waals surface area contributed by atoms with Crippen LogP contribution in [0.4, 0.5) is 5.69 Å². The average molecular weight is 233 g/mol. The summed E-state index contributed by atoms with van der Waals surface area (Å²) in [6, 6.07) is 9.64. The molecule has 0 aliphatic heterocycles. The van der Waals surface area contributed by atoms with Crippen molar-refractivity contribution in [3.8, 4) is 0 Å². The predicted molar refractivity (Wildman–Crippen MR) is 70.1 cm³/mol. The normalized spacial score (nSPS) is 9.94. The van der Waals surface area contributed by atoms with E-state index in [9.17, 15) is 4.79 Å². The Kier molecular flexibility index (Phi) is 6.04. The first kappa shape index (κ1) is 13.5. The molecule has 0 bridgehead atoms. The number of nitrogens with zero attached hydrogens (tertiary/aromatic N) is 1. The Morgan fingerprint density at radius 3 is 2.71 bits per heavy atom. The Balaban J connectivity index is 2.65. The number of carbonyl (C=O) groups excluding carboxylic acids is 1. The van der Waals surface area contributed by atoms with E-state index >= 15 is 0 Å². The van der Waals surface area contributed by atoms with Crippen LogP contribution in [0.1, 0.15) is 12.8 Å². The van der Waals surface area contributed by atoms with Crippen molar-refractivity contribution in [2.24, 2.45) is 0 Å². The number of rotatable bonds is 7. The van der Waals surface area contributed by atoms with Crippen molar-refractivity contribution in [1.29, 1.82) is 0 Å². The number of benzene rings is 1. The molecular weight excluding hydrogens is 214 g/mol. The summed E-state index contributed by atoms with van der Waals surface area (Å²) in [5, 5.41) is 0. The van der Waals surface area contributed by atoms with Crippen molar-refractivity contribution < 1.29 is 9.53 Å². The van der Waals surface area contributed by atoms with E-state index < -0.39 is 0 Å². The van der Waals surface area contributed by atoms with E-state index in [2.05, 4.69) is 6.58 Å². The maximum Gasteiger partial charge on any atom is 0.227 e. The second-order valence-electron chi connectivity index (χ2n) is 3.72. The first-order chi connectivity index (χ1) is 8.29. The number of ether oxygens (including phenoxy) is 1. The van der Waals surface area contributed by atoms with Crippen molar-refractivity contribution in [2.75, 3.05) is 25.2 Å². The molecule has 1 aromatic carbocycles. The molecule has 92 valence electrons. The van der Waals surface area contributed by atoms with Gasteiger partial charge < -0.3 is 9.64 Å². The molecule has 1 amide bonds. The highest BCUT2D eigenvalue weighted by Gasteiger charge is 2.13. The molecule has 0 aliphatic carbocycles. The Morgan fingerprint density at radius 2 is 2.12 bits per heavy atom. The van der Waals surface area contributed by atoms with Gasteiger partial charge in [0.15, 0.2) is 0 Å². The van der Waals surface area contributed by atoms with Gasteiger partial charge in [0.2, 0.25) is 5.91 Å². The largest absolute Gasteiger partial charge is 0.385 e. The maximum atomic E-state index is 12.0. The molecule has 3 heteroatoms. The third-order valence-corrected chi connectivity index (χ3v) is 2.42. The van der Waals surface area contributed by atoms with Crippen molar-refractivity contribution in [3.05, 3.63) is 43.0 Å². The van der Waals surface area contributed by atoms with Crippen LogP contribution in [0.25, 0.3) is 0 Å². The van der Waals surface area contributed by atoms with Gasteiger partial charge >= 0.3 is 0 Å². The average Bonchev–Trinajstić information content (AvgIpc) is 2.37. The van der Waals surface area contributed by atoms with Crippen LogP contribution in [-0.2, 0) is 9.53 Å². The number of hydrogen-bond donors (Lipinski definition) is 0. The highest BCUT2D eigenvalue weighted by Crippen LogP contribution is 2.14. The summed E-state index contributed by atoms with van der Waals surface area (Å²) in [6.45, 7) is 4.84. The van der Waals surface area contributed by atoms with Gasteiger partial charge in [-0.25, -0.2) is 0 Å². The van der Waals surface area contributed by atoms with Crippen molar-refractivity contribution in [2.45, 2.75) is 12.8 Å². The second-order valence-corrected chi connectivity index (χ2v) is 3.72. The summed E-state index contributed by atoms with van der Waals surface area (Å²) in [5.41, 5.74) is 0.912. The van der Waals surface area contributed by atoms with Crippen LogP contribution in [0.15, 0.2) is 43.0 Å². The third-order valence-electron chi connectivity index (χ3n) is 2.42. The number of anilines is 1. The van der Waals surface area contributed by atoms with E-state index in [1.807, 2.05) is 30.3 Å². The first-order valence-electron chi connectivity index (χ1n) is 5.75. The number of amides is 1. The molecule has 0 aromatic heterocycles. The molecular formula is C14H19NO2. The molecule has 1 rings (SSSR count). The monoisotopic (exact) mass is 233 g/mol. The van der Waals surface area contributed by atoms with Crippen LogP contribution in [-0.4, -0.2) is 26.2 Å². The molecule has 0 heterocycles. The van der Waals surface area contributed by atoms with Gasteiger partial charge in [0, 0.05) is 32.4 Å². The van der Waals surface area contributed by atoms with Gasteiger partial charge in [-0.2, -0.15) is 0 Å². The Morgan fingerprint density at radius 1 is 1.41 bits per heavy atom. The molecule has 1 aromatic rings. The van der Waals surface area contributed by atoms with E-state index in [-0.39, 0.29) is 5.91 Å².